The van der Waals surface area contributed by atoms with E-state index in [1.807, 2.05) is 0 Å². The van der Waals surface area contributed by atoms with Crippen LogP contribution in [0.1, 0.15) is 32.6 Å². The van der Waals surface area contributed by atoms with Crippen LogP contribution in [0.15, 0.2) is 12.2 Å². The quantitative estimate of drug-likeness (QED) is 0.496. The van der Waals surface area contributed by atoms with E-state index >= 15 is 0 Å². The molecule has 0 saturated carbocycles. The van der Waals surface area contributed by atoms with Crippen molar-refractivity contribution in [1.29, 1.82) is 0 Å². The molecule has 12 heavy (non-hydrogen) atoms. The standard InChI is InChI=1S/C11H17N/c1-3-10(4-2)12-11-8-6-5-7-9-11/h1,6,8,10-12H,4-5,7,9H2,2H3. The number of hydrogen-bond acceptors (Lipinski definition) is 1. The van der Waals surface area contributed by atoms with Crippen LogP contribution in [0.25, 0.3) is 0 Å². The molecule has 0 aliphatic heterocycles. The Hall–Kier alpha value is -0.740. The van der Waals surface area contributed by atoms with Crippen LogP contribution in [0, 0.1) is 12.3 Å². The molecule has 66 valence electrons. The minimum atomic E-state index is 0.248. The molecule has 1 aliphatic rings. The first-order valence-electron chi connectivity index (χ1n) is 4.75. The molecule has 0 amide bonds. The van der Waals surface area contributed by atoms with E-state index in [0.717, 1.165) is 6.42 Å². The van der Waals surface area contributed by atoms with Crippen molar-refractivity contribution in [2.75, 3.05) is 0 Å². The summed E-state index contributed by atoms with van der Waals surface area (Å²) < 4.78 is 0. The van der Waals surface area contributed by atoms with E-state index in [2.05, 4.69) is 30.3 Å². The summed E-state index contributed by atoms with van der Waals surface area (Å²) in [7, 11) is 0. The summed E-state index contributed by atoms with van der Waals surface area (Å²) >= 11 is 0. The fourth-order valence-electron chi connectivity index (χ4n) is 1.49. The third kappa shape index (κ3) is 2.71. The number of hydrogen-bond donors (Lipinski definition) is 1. The maximum Gasteiger partial charge on any atom is 0.0688 e. The van der Waals surface area contributed by atoms with Crippen molar-refractivity contribution in [3.05, 3.63) is 12.2 Å². The van der Waals surface area contributed by atoms with Crippen LogP contribution in [0.5, 0.6) is 0 Å². The Morgan fingerprint density at radius 3 is 3.08 bits per heavy atom. The van der Waals surface area contributed by atoms with Crippen LogP contribution in [0.2, 0.25) is 0 Å². The molecule has 0 aromatic rings. The zero-order chi connectivity index (χ0) is 8.81. The Balaban J connectivity index is 2.34. The molecule has 0 radical (unpaired) electrons. The minimum Gasteiger partial charge on any atom is -0.297 e. The predicted octanol–water partition coefficient (Wildman–Crippen LogP) is 2.10. The number of rotatable bonds is 3. The Kier molecular flexibility index (Phi) is 3.90. The minimum absolute atomic E-state index is 0.248. The van der Waals surface area contributed by atoms with Crippen LogP contribution in [0.3, 0.4) is 0 Å². The van der Waals surface area contributed by atoms with E-state index in [-0.39, 0.29) is 6.04 Å². The molecular weight excluding hydrogens is 146 g/mol. The summed E-state index contributed by atoms with van der Waals surface area (Å²) in [6.45, 7) is 2.12. The van der Waals surface area contributed by atoms with E-state index in [9.17, 15) is 0 Å². The van der Waals surface area contributed by atoms with Gasteiger partial charge in [0.1, 0.15) is 0 Å². The zero-order valence-corrected chi connectivity index (χ0v) is 7.72. The lowest BCUT2D eigenvalue weighted by molar-refractivity contribution is 0.481. The molecule has 0 aromatic carbocycles. The molecule has 1 heteroatoms. The fourth-order valence-corrected chi connectivity index (χ4v) is 1.49. The summed E-state index contributed by atoms with van der Waals surface area (Å²) in [4.78, 5) is 0. The van der Waals surface area contributed by atoms with Gasteiger partial charge in [-0.1, -0.05) is 25.0 Å². The fraction of sp³-hybridized carbons (Fsp3) is 0.636. The van der Waals surface area contributed by atoms with Crippen LogP contribution in [-0.2, 0) is 0 Å². The average Bonchev–Trinajstić information content (AvgIpc) is 2.16. The second-order valence-corrected chi connectivity index (χ2v) is 3.26. The van der Waals surface area contributed by atoms with Crippen molar-refractivity contribution in [2.45, 2.75) is 44.7 Å². The van der Waals surface area contributed by atoms with Crippen molar-refractivity contribution in [1.82, 2.24) is 5.32 Å². The van der Waals surface area contributed by atoms with E-state index < -0.39 is 0 Å². The molecule has 2 atom stereocenters. The third-order valence-corrected chi connectivity index (χ3v) is 2.28. The van der Waals surface area contributed by atoms with Gasteiger partial charge in [0, 0.05) is 6.04 Å². The Morgan fingerprint density at radius 2 is 2.58 bits per heavy atom. The van der Waals surface area contributed by atoms with Crippen molar-refractivity contribution in [3.8, 4) is 12.3 Å². The molecular formula is C11H17N. The van der Waals surface area contributed by atoms with Gasteiger partial charge in [0.2, 0.25) is 0 Å². The second kappa shape index (κ2) is 5.00. The normalized spacial score (nSPS) is 24.8. The first-order chi connectivity index (χ1) is 5.86. The Bertz CT molecular complexity index is 188. The largest absolute Gasteiger partial charge is 0.297 e. The first kappa shape index (κ1) is 9.35. The number of terminal acetylenes is 1. The van der Waals surface area contributed by atoms with E-state index in [4.69, 9.17) is 6.42 Å². The van der Waals surface area contributed by atoms with Crippen molar-refractivity contribution in [3.63, 3.8) is 0 Å². The first-order valence-corrected chi connectivity index (χ1v) is 4.75. The third-order valence-electron chi connectivity index (χ3n) is 2.28. The highest BCUT2D eigenvalue weighted by Crippen LogP contribution is 2.10. The number of allylic oxidation sites excluding steroid dienone is 1. The van der Waals surface area contributed by atoms with E-state index in [1.54, 1.807) is 0 Å². The Morgan fingerprint density at radius 1 is 1.75 bits per heavy atom. The van der Waals surface area contributed by atoms with Crippen LogP contribution in [0.4, 0.5) is 0 Å². The van der Waals surface area contributed by atoms with E-state index in [0.29, 0.717) is 6.04 Å². The lowest BCUT2D eigenvalue weighted by atomic mass is 10.0. The van der Waals surface area contributed by atoms with Crippen LogP contribution >= 0.6 is 0 Å². The molecule has 0 aromatic heterocycles. The van der Waals surface area contributed by atoms with Crippen LogP contribution < -0.4 is 5.32 Å². The molecule has 1 nitrogen and oxygen atoms in total. The summed E-state index contributed by atoms with van der Waals surface area (Å²) in [6.07, 6.45) is 14.6. The zero-order valence-electron chi connectivity index (χ0n) is 7.72. The molecule has 1 rings (SSSR count). The van der Waals surface area contributed by atoms with Gasteiger partial charge in [-0.15, -0.1) is 6.42 Å². The van der Waals surface area contributed by atoms with Gasteiger partial charge in [-0.05, 0) is 25.7 Å². The van der Waals surface area contributed by atoms with Gasteiger partial charge in [0.15, 0.2) is 0 Å². The second-order valence-electron chi connectivity index (χ2n) is 3.26. The highest BCUT2D eigenvalue weighted by molar-refractivity contribution is 5.04. The van der Waals surface area contributed by atoms with Crippen LogP contribution in [-0.4, -0.2) is 12.1 Å². The van der Waals surface area contributed by atoms with Gasteiger partial charge in [0.25, 0.3) is 0 Å². The topological polar surface area (TPSA) is 12.0 Å². The summed E-state index contributed by atoms with van der Waals surface area (Å²) in [5, 5.41) is 3.43. The molecule has 1 N–H and O–H groups in total. The molecule has 0 saturated heterocycles. The molecule has 0 fully saturated rings. The van der Waals surface area contributed by atoms with Gasteiger partial charge in [-0.2, -0.15) is 0 Å². The highest BCUT2D eigenvalue weighted by atomic mass is 14.9. The molecule has 1 aliphatic carbocycles. The smallest absolute Gasteiger partial charge is 0.0688 e. The van der Waals surface area contributed by atoms with Crippen molar-refractivity contribution < 1.29 is 0 Å². The SMILES string of the molecule is C#CC(CC)NC1C=CCCC1. The molecule has 0 bridgehead atoms. The van der Waals surface area contributed by atoms with Crippen molar-refractivity contribution in [2.24, 2.45) is 0 Å². The summed E-state index contributed by atoms with van der Waals surface area (Å²) in [5.74, 6) is 2.75. The van der Waals surface area contributed by atoms with Gasteiger partial charge in [-0.25, -0.2) is 0 Å². The average molecular weight is 163 g/mol. The maximum absolute atomic E-state index is 5.36. The monoisotopic (exact) mass is 163 g/mol. The lowest BCUT2D eigenvalue weighted by Crippen LogP contribution is -2.36. The van der Waals surface area contributed by atoms with Gasteiger partial charge in [0.05, 0.1) is 6.04 Å². The van der Waals surface area contributed by atoms with Gasteiger partial charge in [-0.3, -0.25) is 5.32 Å². The van der Waals surface area contributed by atoms with Crippen molar-refractivity contribution >= 4 is 0 Å². The van der Waals surface area contributed by atoms with E-state index in [1.165, 1.54) is 19.3 Å². The highest BCUT2D eigenvalue weighted by Gasteiger charge is 2.10. The molecule has 2 unspecified atom stereocenters. The summed E-state index contributed by atoms with van der Waals surface area (Å²) in [6, 6.07) is 0.762. The van der Waals surface area contributed by atoms with Gasteiger partial charge >= 0.3 is 0 Å². The number of nitrogens with one attached hydrogen (secondary N) is 1. The Labute approximate surface area is 75.2 Å². The lowest BCUT2D eigenvalue weighted by Gasteiger charge is -2.21. The molecule has 0 spiro atoms. The van der Waals surface area contributed by atoms with Gasteiger partial charge < -0.3 is 0 Å². The maximum atomic E-state index is 5.36. The summed E-state index contributed by atoms with van der Waals surface area (Å²) in [5.41, 5.74) is 0. The molecule has 0 heterocycles. The predicted molar refractivity (Wildman–Crippen MR) is 52.8 cm³/mol.